The van der Waals surface area contributed by atoms with Gasteiger partial charge in [0.2, 0.25) is 0 Å². The molecule has 3 rings (SSSR count). The minimum Gasteiger partial charge on any atom is -0.103 e. The van der Waals surface area contributed by atoms with Gasteiger partial charge in [-0.25, -0.2) is 0 Å². The van der Waals surface area contributed by atoms with E-state index in [0.717, 1.165) is 12.8 Å². The van der Waals surface area contributed by atoms with Gasteiger partial charge in [-0.1, -0.05) is 42.0 Å². The van der Waals surface area contributed by atoms with Gasteiger partial charge >= 0.3 is 0 Å². The third-order valence-electron chi connectivity index (χ3n) is 5.50. The Morgan fingerprint density at radius 3 is 2.04 bits per heavy atom. The van der Waals surface area contributed by atoms with Gasteiger partial charge in [-0.15, -0.1) is 13.2 Å². The lowest BCUT2D eigenvalue weighted by Crippen LogP contribution is -2.25. The molecule has 0 unspecified atom stereocenters. The predicted octanol–water partition coefficient (Wildman–Crippen LogP) is 7.58. The summed E-state index contributed by atoms with van der Waals surface area (Å²) in [4.78, 5) is 0. The predicted molar refractivity (Wildman–Crippen MR) is 118 cm³/mol. The van der Waals surface area contributed by atoms with Gasteiger partial charge in [0.05, 0.1) is 0 Å². The molecule has 0 heterocycles. The molecule has 0 aromatic heterocycles. The maximum absolute atomic E-state index is 3.93. The first kappa shape index (κ1) is 18.4. The minimum absolute atomic E-state index is 0.143. The number of benzene rings is 2. The molecule has 1 aliphatic carbocycles. The Bertz CT molecular complexity index is 717. The standard InChI is InChI=1S/C24H27I/c1-4-6-8-14-24(15-9-7-5-2)22-16-18(3)10-12-20(22)21-13-11-19(25)17-23(21)24/h4-5,10-13,16-17H,1-2,6-9,14-15H2,3H3. The van der Waals surface area contributed by atoms with Crippen molar-refractivity contribution in [1.82, 2.24) is 0 Å². The number of halogens is 1. The van der Waals surface area contributed by atoms with Crippen molar-refractivity contribution in [2.45, 2.75) is 50.9 Å². The largest absolute Gasteiger partial charge is 0.103 e. The maximum atomic E-state index is 3.93. The highest BCUT2D eigenvalue weighted by atomic mass is 127. The summed E-state index contributed by atoms with van der Waals surface area (Å²) >= 11 is 2.45. The van der Waals surface area contributed by atoms with Gasteiger partial charge in [-0.2, -0.15) is 0 Å². The highest BCUT2D eigenvalue weighted by Gasteiger charge is 2.42. The van der Waals surface area contributed by atoms with Crippen molar-refractivity contribution in [2.75, 3.05) is 0 Å². The topological polar surface area (TPSA) is 0 Å². The van der Waals surface area contributed by atoms with Crippen LogP contribution in [0.15, 0.2) is 61.7 Å². The molecular formula is C24H27I. The fraction of sp³-hybridized carbons (Fsp3) is 0.333. The third kappa shape index (κ3) is 3.48. The maximum Gasteiger partial charge on any atom is 0.0215 e. The first-order valence-corrected chi connectivity index (χ1v) is 10.3. The number of unbranched alkanes of at least 4 members (excludes halogenated alkanes) is 2. The zero-order valence-corrected chi connectivity index (χ0v) is 17.3. The lowest BCUT2D eigenvalue weighted by Gasteiger charge is -2.33. The number of hydrogen-bond acceptors (Lipinski definition) is 0. The van der Waals surface area contributed by atoms with E-state index >= 15 is 0 Å². The summed E-state index contributed by atoms with van der Waals surface area (Å²) in [5.74, 6) is 0. The molecule has 0 aliphatic heterocycles. The van der Waals surface area contributed by atoms with Gasteiger partial charge in [0, 0.05) is 8.99 Å². The van der Waals surface area contributed by atoms with E-state index < -0.39 is 0 Å². The van der Waals surface area contributed by atoms with Crippen molar-refractivity contribution in [2.24, 2.45) is 0 Å². The van der Waals surface area contributed by atoms with E-state index in [1.165, 1.54) is 57.1 Å². The van der Waals surface area contributed by atoms with Crippen LogP contribution in [0.1, 0.15) is 55.2 Å². The van der Waals surface area contributed by atoms with Crippen LogP contribution >= 0.6 is 22.6 Å². The second-order valence-corrected chi connectivity index (χ2v) is 8.43. The Morgan fingerprint density at radius 1 is 0.880 bits per heavy atom. The molecule has 0 nitrogen and oxygen atoms in total. The van der Waals surface area contributed by atoms with Crippen LogP contribution in [0, 0.1) is 10.5 Å². The van der Waals surface area contributed by atoms with Gasteiger partial charge in [-0.3, -0.25) is 0 Å². The molecule has 0 spiro atoms. The Morgan fingerprint density at radius 2 is 1.44 bits per heavy atom. The molecular weight excluding hydrogens is 415 g/mol. The summed E-state index contributed by atoms with van der Waals surface area (Å²) in [7, 11) is 0. The summed E-state index contributed by atoms with van der Waals surface area (Å²) < 4.78 is 1.33. The number of aryl methyl sites for hydroxylation is 1. The molecule has 0 radical (unpaired) electrons. The Hall–Kier alpha value is -1.35. The molecule has 2 aromatic rings. The van der Waals surface area contributed by atoms with Crippen LogP contribution in [0.5, 0.6) is 0 Å². The molecule has 0 fully saturated rings. The van der Waals surface area contributed by atoms with Crippen LogP contribution in [-0.4, -0.2) is 0 Å². The number of allylic oxidation sites excluding steroid dienone is 2. The highest BCUT2D eigenvalue weighted by molar-refractivity contribution is 14.1. The zero-order chi connectivity index (χ0) is 17.9. The molecule has 1 heteroatoms. The van der Waals surface area contributed by atoms with Crippen molar-refractivity contribution >= 4 is 22.6 Å². The molecule has 2 aromatic carbocycles. The fourth-order valence-corrected chi connectivity index (χ4v) is 4.83. The average molecular weight is 442 g/mol. The van der Waals surface area contributed by atoms with Gasteiger partial charge in [0.15, 0.2) is 0 Å². The van der Waals surface area contributed by atoms with E-state index in [1.807, 2.05) is 0 Å². The van der Waals surface area contributed by atoms with Gasteiger partial charge in [0.25, 0.3) is 0 Å². The smallest absolute Gasteiger partial charge is 0.0215 e. The molecule has 0 saturated carbocycles. The van der Waals surface area contributed by atoms with Crippen LogP contribution < -0.4 is 0 Å². The van der Waals surface area contributed by atoms with Gasteiger partial charge in [0.1, 0.15) is 0 Å². The molecule has 25 heavy (non-hydrogen) atoms. The molecule has 0 N–H and O–H groups in total. The lowest BCUT2D eigenvalue weighted by atomic mass is 9.70. The van der Waals surface area contributed by atoms with E-state index in [9.17, 15) is 0 Å². The van der Waals surface area contributed by atoms with Crippen molar-refractivity contribution in [3.63, 3.8) is 0 Å². The van der Waals surface area contributed by atoms with E-state index in [-0.39, 0.29) is 5.41 Å². The van der Waals surface area contributed by atoms with Crippen molar-refractivity contribution in [1.29, 1.82) is 0 Å². The molecule has 130 valence electrons. The monoisotopic (exact) mass is 442 g/mol. The van der Waals surface area contributed by atoms with Crippen LogP contribution in [-0.2, 0) is 5.41 Å². The zero-order valence-electron chi connectivity index (χ0n) is 15.2. The quantitative estimate of drug-likeness (QED) is 0.225. The van der Waals surface area contributed by atoms with Crippen molar-refractivity contribution < 1.29 is 0 Å². The fourth-order valence-electron chi connectivity index (χ4n) is 4.34. The number of hydrogen-bond donors (Lipinski definition) is 0. The van der Waals surface area contributed by atoms with Crippen LogP contribution in [0.3, 0.4) is 0 Å². The van der Waals surface area contributed by atoms with Crippen molar-refractivity contribution in [3.05, 3.63) is 82.0 Å². The average Bonchev–Trinajstić information content (AvgIpc) is 2.85. The summed E-state index contributed by atoms with van der Waals surface area (Å²) in [6.45, 7) is 10.1. The summed E-state index contributed by atoms with van der Waals surface area (Å²) in [6.07, 6.45) is 11.1. The first-order chi connectivity index (χ1) is 12.1. The second kappa shape index (κ2) is 7.90. The molecule has 0 amide bonds. The SMILES string of the molecule is C=CCCCC1(CCCC=C)c2cc(C)ccc2-c2ccc(I)cc21. The van der Waals surface area contributed by atoms with Gasteiger partial charge in [-0.05, 0) is 102 Å². The molecule has 0 saturated heterocycles. The van der Waals surface area contributed by atoms with E-state index in [0.29, 0.717) is 0 Å². The summed E-state index contributed by atoms with van der Waals surface area (Å²) in [6, 6.07) is 14.0. The van der Waals surface area contributed by atoms with Crippen LogP contribution in [0.25, 0.3) is 11.1 Å². The van der Waals surface area contributed by atoms with E-state index in [2.05, 4.69) is 91.2 Å². The van der Waals surface area contributed by atoms with Crippen LogP contribution in [0.2, 0.25) is 0 Å². The summed E-state index contributed by atoms with van der Waals surface area (Å²) in [5, 5.41) is 0. The van der Waals surface area contributed by atoms with Gasteiger partial charge < -0.3 is 0 Å². The molecule has 1 aliphatic rings. The number of fused-ring (bicyclic) bond motifs is 3. The Labute approximate surface area is 166 Å². The number of rotatable bonds is 8. The highest BCUT2D eigenvalue weighted by Crippen LogP contribution is 2.54. The molecule has 0 bridgehead atoms. The molecule has 0 atom stereocenters. The van der Waals surface area contributed by atoms with Crippen molar-refractivity contribution in [3.8, 4) is 11.1 Å². The normalized spacial score (nSPS) is 14.0. The third-order valence-corrected chi connectivity index (χ3v) is 6.17. The van der Waals surface area contributed by atoms with Crippen LogP contribution in [0.4, 0.5) is 0 Å². The summed E-state index contributed by atoms with van der Waals surface area (Å²) in [5.41, 5.74) is 7.45. The Balaban J connectivity index is 2.16. The van der Waals surface area contributed by atoms with E-state index in [4.69, 9.17) is 0 Å². The second-order valence-electron chi connectivity index (χ2n) is 7.18. The Kier molecular flexibility index (Phi) is 5.83. The lowest BCUT2D eigenvalue weighted by molar-refractivity contribution is 0.422. The minimum atomic E-state index is 0.143. The first-order valence-electron chi connectivity index (χ1n) is 9.26. The van der Waals surface area contributed by atoms with E-state index in [1.54, 1.807) is 0 Å².